The van der Waals surface area contributed by atoms with Crippen molar-refractivity contribution in [2.75, 3.05) is 27.4 Å². The maximum Gasteiger partial charge on any atom is 0.354 e. The minimum absolute atomic E-state index is 0.0778. The minimum atomic E-state index is -0.650. The van der Waals surface area contributed by atoms with Crippen LogP contribution in [-0.4, -0.2) is 60.5 Å². The van der Waals surface area contributed by atoms with Gasteiger partial charge in [-0.1, -0.05) is 0 Å². The molecule has 1 heterocycles. The number of hydrogen-bond donors (Lipinski definition) is 0. The zero-order chi connectivity index (χ0) is 18.6. The average molecular weight is 338 g/mol. The van der Waals surface area contributed by atoms with Crippen molar-refractivity contribution in [3.05, 3.63) is 22.5 Å². The lowest BCUT2D eigenvalue weighted by atomic mass is 10.00. The van der Waals surface area contributed by atoms with E-state index in [-0.39, 0.29) is 18.3 Å². The van der Waals surface area contributed by atoms with Crippen molar-refractivity contribution in [3.8, 4) is 0 Å². The highest BCUT2D eigenvalue weighted by Crippen LogP contribution is 2.24. The van der Waals surface area contributed by atoms with Gasteiger partial charge in [0.15, 0.2) is 5.78 Å². The Balaban J connectivity index is 3.28. The number of ether oxygens (including phenoxy) is 2. The number of carbonyl (C=O) groups is 3. The Labute approximate surface area is 142 Å². The molecular weight excluding hydrogens is 312 g/mol. The van der Waals surface area contributed by atoms with Crippen molar-refractivity contribution in [3.63, 3.8) is 0 Å². The molecule has 1 amide bonds. The lowest BCUT2D eigenvalue weighted by Gasteiger charge is -2.27. The minimum Gasteiger partial charge on any atom is -0.464 e. The molecule has 134 valence electrons. The second kappa shape index (κ2) is 8.10. The SMILES string of the molecule is CCN(C(=O)COC)C(C)C(=O)c1c(C)c(C(=O)OC)n(C)c1C. The Morgan fingerprint density at radius 3 is 2.25 bits per heavy atom. The Morgan fingerprint density at radius 2 is 1.79 bits per heavy atom. The molecule has 7 nitrogen and oxygen atoms in total. The van der Waals surface area contributed by atoms with Gasteiger partial charge in [0.2, 0.25) is 5.91 Å². The number of carbonyl (C=O) groups excluding carboxylic acids is 3. The predicted octanol–water partition coefficient (Wildman–Crippen LogP) is 1.49. The Morgan fingerprint density at radius 1 is 1.21 bits per heavy atom. The number of Topliss-reactive ketones (excluding diaryl/α,β-unsaturated/α-hetero) is 1. The van der Waals surface area contributed by atoms with Crippen LogP contribution in [0.5, 0.6) is 0 Å². The monoisotopic (exact) mass is 338 g/mol. The Kier molecular flexibility index (Phi) is 6.71. The van der Waals surface area contributed by atoms with Crippen LogP contribution in [-0.2, 0) is 21.3 Å². The van der Waals surface area contributed by atoms with Gasteiger partial charge < -0.3 is 18.9 Å². The van der Waals surface area contributed by atoms with E-state index >= 15 is 0 Å². The molecule has 1 aromatic rings. The number of rotatable bonds is 7. The molecule has 7 heteroatoms. The summed E-state index contributed by atoms with van der Waals surface area (Å²) in [7, 11) is 4.45. The van der Waals surface area contributed by atoms with E-state index in [0.717, 1.165) is 0 Å². The van der Waals surface area contributed by atoms with Crippen molar-refractivity contribution < 1.29 is 23.9 Å². The fourth-order valence-corrected chi connectivity index (χ4v) is 2.95. The second-order valence-electron chi connectivity index (χ2n) is 5.64. The lowest BCUT2D eigenvalue weighted by Crippen LogP contribution is -2.45. The van der Waals surface area contributed by atoms with Crippen LogP contribution in [0.25, 0.3) is 0 Å². The van der Waals surface area contributed by atoms with Gasteiger partial charge in [0.25, 0.3) is 0 Å². The predicted molar refractivity (Wildman–Crippen MR) is 89.3 cm³/mol. The number of likely N-dealkylation sites (N-methyl/N-ethyl adjacent to an activating group) is 1. The third-order valence-electron chi connectivity index (χ3n) is 4.33. The van der Waals surface area contributed by atoms with Gasteiger partial charge in [0.1, 0.15) is 12.3 Å². The highest BCUT2D eigenvalue weighted by atomic mass is 16.5. The fourth-order valence-electron chi connectivity index (χ4n) is 2.95. The molecule has 24 heavy (non-hydrogen) atoms. The standard InChI is InChI=1S/C17H26N2O5/c1-8-19(13(20)9-23-6)12(4)16(21)14-10(2)15(17(22)24-7)18(5)11(14)3/h12H,8-9H2,1-7H3. The van der Waals surface area contributed by atoms with Crippen molar-refractivity contribution in [2.24, 2.45) is 7.05 Å². The maximum atomic E-state index is 13.0. The van der Waals surface area contributed by atoms with Crippen LogP contribution in [0.15, 0.2) is 0 Å². The van der Waals surface area contributed by atoms with E-state index in [2.05, 4.69) is 0 Å². The summed E-state index contributed by atoms with van der Waals surface area (Å²) in [5.41, 5.74) is 2.03. The van der Waals surface area contributed by atoms with E-state index in [0.29, 0.717) is 29.1 Å². The summed E-state index contributed by atoms with van der Waals surface area (Å²) in [5, 5.41) is 0. The number of hydrogen-bond acceptors (Lipinski definition) is 5. The van der Waals surface area contributed by atoms with Gasteiger partial charge in [-0.25, -0.2) is 4.79 Å². The van der Waals surface area contributed by atoms with Crippen LogP contribution in [0.3, 0.4) is 0 Å². The lowest BCUT2D eigenvalue weighted by molar-refractivity contribution is -0.136. The van der Waals surface area contributed by atoms with Crippen LogP contribution in [0.1, 0.15) is 46.0 Å². The molecule has 0 N–H and O–H groups in total. The Hall–Kier alpha value is -2.15. The molecule has 0 aliphatic carbocycles. The number of nitrogens with zero attached hydrogens (tertiary/aromatic N) is 2. The zero-order valence-corrected chi connectivity index (χ0v) is 15.4. The van der Waals surface area contributed by atoms with E-state index in [1.165, 1.54) is 19.1 Å². The van der Waals surface area contributed by atoms with Gasteiger partial charge in [-0.3, -0.25) is 9.59 Å². The van der Waals surface area contributed by atoms with Crippen LogP contribution in [0.2, 0.25) is 0 Å². The van der Waals surface area contributed by atoms with E-state index in [4.69, 9.17) is 9.47 Å². The van der Waals surface area contributed by atoms with Crippen LogP contribution in [0, 0.1) is 13.8 Å². The first-order chi connectivity index (χ1) is 11.2. The number of ketones is 1. The molecule has 0 fully saturated rings. The summed E-state index contributed by atoms with van der Waals surface area (Å²) in [6.45, 7) is 7.29. The summed E-state index contributed by atoms with van der Waals surface area (Å²) in [4.78, 5) is 38.5. The molecule has 0 saturated heterocycles. The maximum absolute atomic E-state index is 13.0. The molecule has 0 aromatic carbocycles. The third-order valence-corrected chi connectivity index (χ3v) is 4.33. The molecule has 0 aliphatic heterocycles. The van der Waals surface area contributed by atoms with Gasteiger partial charge >= 0.3 is 5.97 Å². The number of methoxy groups -OCH3 is 2. The molecule has 0 saturated carbocycles. The molecular formula is C17H26N2O5. The molecule has 0 spiro atoms. The van der Waals surface area contributed by atoms with Gasteiger partial charge in [-0.15, -0.1) is 0 Å². The van der Waals surface area contributed by atoms with Crippen molar-refractivity contribution >= 4 is 17.7 Å². The van der Waals surface area contributed by atoms with Crippen molar-refractivity contribution in [1.82, 2.24) is 9.47 Å². The first-order valence-electron chi connectivity index (χ1n) is 7.79. The number of amides is 1. The van der Waals surface area contributed by atoms with Gasteiger partial charge in [-0.2, -0.15) is 0 Å². The quantitative estimate of drug-likeness (QED) is 0.556. The molecule has 1 unspecified atom stereocenters. The normalized spacial score (nSPS) is 12.0. The summed E-state index contributed by atoms with van der Waals surface area (Å²) in [5.74, 6) is -0.949. The highest BCUT2D eigenvalue weighted by molar-refractivity contribution is 6.06. The highest BCUT2D eigenvalue weighted by Gasteiger charge is 2.31. The fraction of sp³-hybridized carbons (Fsp3) is 0.588. The number of aromatic nitrogens is 1. The van der Waals surface area contributed by atoms with Crippen molar-refractivity contribution in [2.45, 2.75) is 33.7 Å². The summed E-state index contributed by atoms with van der Waals surface area (Å²) < 4.78 is 11.3. The van der Waals surface area contributed by atoms with E-state index in [1.54, 1.807) is 32.4 Å². The van der Waals surface area contributed by atoms with Crippen LogP contribution < -0.4 is 0 Å². The Bertz CT molecular complexity index is 648. The number of esters is 1. The van der Waals surface area contributed by atoms with Gasteiger partial charge in [0.05, 0.1) is 13.2 Å². The second-order valence-corrected chi connectivity index (χ2v) is 5.64. The largest absolute Gasteiger partial charge is 0.464 e. The van der Waals surface area contributed by atoms with E-state index < -0.39 is 12.0 Å². The summed E-state index contributed by atoms with van der Waals surface area (Å²) in [6.07, 6.45) is 0. The molecule has 1 atom stereocenters. The molecule has 0 aliphatic rings. The molecule has 1 rings (SSSR count). The van der Waals surface area contributed by atoms with E-state index in [9.17, 15) is 14.4 Å². The summed E-state index contributed by atoms with van der Waals surface area (Å²) in [6, 6.07) is -0.650. The summed E-state index contributed by atoms with van der Waals surface area (Å²) >= 11 is 0. The van der Waals surface area contributed by atoms with Gasteiger partial charge in [0, 0.05) is 32.0 Å². The molecule has 0 bridgehead atoms. The smallest absolute Gasteiger partial charge is 0.354 e. The zero-order valence-electron chi connectivity index (χ0n) is 15.4. The van der Waals surface area contributed by atoms with Crippen LogP contribution in [0.4, 0.5) is 0 Å². The third kappa shape index (κ3) is 3.51. The molecule has 1 aromatic heterocycles. The topological polar surface area (TPSA) is 77.8 Å². The first-order valence-corrected chi connectivity index (χ1v) is 7.79. The molecule has 0 radical (unpaired) electrons. The van der Waals surface area contributed by atoms with Crippen LogP contribution >= 0.6 is 0 Å². The van der Waals surface area contributed by atoms with Crippen molar-refractivity contribution in [1.29, 1.82) is 0 Å². The first kappa shape index (κ1) is 19.9. The van der Waals surface area contributed by atoms with Gasteiger partial charge in [-0.05, 0) is 33.3 Å². The van der Waals surface area contributed by atoms with E-state index in [1.807, 2.05) is 6.92 Å². The average Bonchev–Trinajstić information content (AvgIpc) is 2.76.